The maximum Gasteiger partial charge on any atom is 0.251 e. The van der Waals surface area contributed by atoms with Gasteiger partial charge in [0.15, 0.2) is 5.96 Å². The number of guanidine groups is 1. The van der Waals surface area contributed by atoms with Gasteiger partial charge in [0, 0.05) is 55.7 Å². The number of hydrogen-bond donors (Lipinski definition) is 2. The number of aromatic nitrogens is 1. The van der Waals surface area contributed by atoms with Crippen LogP contribution in [0.3, 0.4) is 0 Å². The van der Waals surface area contributed by atoms with Gasteiger partial charge in [-0.25, -0.2) is 0 Å². The molecule has 2 rings (SSSR count). The van der Waals surface area contributed by atoms with Crippen molar-refractivity contribution in [3.8, 4) is 0 Å². The maximum absolute atomic E-state index is 12.1. The van der Waals surface area contributed by atoms with Gasteiger partial charge in [-0.2, -0.15) is 0 Å². The van der Waals surface area contributed by atoms with Crippen LogP contribution < -0.4 is 10.6 Å². The van der Waals surface area contributed by atoms with Crippen molar-refractivity contribution < 1.29 is 4.79 Å². The summed E-state index contributed by atoms with van der Waals surface area (Å²) < 4.78 is 3.01. The molecule has 0 fully saturated rings. The molecule has 0 bridgehead atoms. The number of carbonyl (C=O) groups excluding carboxylic acids is 1. The van der Waals surface area contributed by atoms with E-state index in [0.29, 0.717) is 18.7 Å². The average Bonchev–Trinajstić information content (AvgIpc) is 3.05. The summed E-state index contributed by atoms with van der Waals surface area (Å²) in [6.45, 7) is 4.91. The van der Waals surface area contributed by atoms with E-state index in [4.69, 9.17) is 0 Å². The second-order valence-corrected chi connectivity index (χ2v) is 7.24. The van der Waals surface area contributed by atoms with Crippen LogP contribution >= 0.6 is 39.9 Å². The van der Waals surface area contributed by atoms with Crippen molar-refractivity contribution >= 4 is 51.8 Å². The van der Waals surface area contributed by atoms with Gasteiger partial charge in [0.25, 0.3) is 5.91 Å². The lowest BCUT2D eigenvalue weighted by Crippen LogP contribution is -2.39. The number of nitrogens with zero attached hydrogens (tertiary/aromatic N) is 3. The van der Waals surface area contributed by atoms with Crippen molar-refractivity contribution in [3.63, 3.8) is 0 Å². The highest BCUT2D eigenvalue weighted by atomic mass is 127. The fourth-order valence-corrected chi connectivity index (χ4v) is 3.05. The number of aryl methyl sites for hydroxylation is 1. The molecule has 2 N–H and O–H groups in total. The smallest absolute Gasteiger partial charge is 0.251 e. The average molecular weight is 562 g/mol. The van der Waals surface area contributed by atoms with Crippen molar-refractivity contribution in [2.75, 3.05) is 26.7 Å². The van der Waals surface area contributed by atoms with Crippen LogP contribution in [0.5, 0.6) is 0 Å². The van der Waals surface area contributed by atoms with Gasteiger partial charge in [0.05, 0.1) is 6.54 Å². The fourth-order valence-electron chi connectivity index (χ4n) is 2.65. The number of amides is 1. The molecule has 0 spiro atoms. The highest BCUT2D eigenvalue weighted by Crippen LogP contribution is 2.11. The van der Waals surface area contributed by atoms with Gasteiger partial charge in [-0.15, -0.1) is 24.0 Å². The predicted molar refractivity (Wildman–Crippen MR) is 129 cm³/mol. The molecule has 0 radical (unpaired) electrons. The Morgan fingerprint density at radius 2 is 2.04 bits per heavy atom. The van der Waals surface area contributed by atoms with Gasteiger partial charge in [-0.3, -0.25) is 9.79 Å². The molecular weight excluding hydrogens is 533 g/mol. The molecule has 1 heterocycles. The molecule has 1 aromatic heterocycles. The first-order valence-corrected chi connectivity index (χ1v) is 9.94. The Balaban J connectivity index is 0.00000392. The Morgan fingerprint density at radius 3 is 2.68 bits per heavy atom. The molecule has 0 aliphatic heterocycles. The standard InChI is InChI=1S/C20H28BrN5O.HI/c1-4-22-20(26(3)15-18-10-6-13-25(18)2)24-12-7-11-23-19(27)16-8-5-9-17(21)14-16;/h5-6,8-10,13-14H,4,7,11-12,15H2,1-3H3,(H,22,24)(H,23,27);1H. The molecule has 8 heteroatoms. The Morgan fingerprint density at radius 1 is 1.25 bits per heavy atom. The van der Waals surface area contributed by atoms with E-state index in [0.717, 1.165) is 29.9 Å². The third-order valence-corrected chi connectivity index (χ3v) is 4.61. The lowest BCUT2D eigenvalue weighted by Gasteiger charge is -2.22. The first kappa shape index (κ1) is 24.5. The summed E-state index contributed by atoms with van der Waals surface area (Å²) in [4.78, 5) is 18.9. The van der Waals surface area contributed by atoms with Gasteiger partial charge >= 0.3 is 0 Å². The second-order valence-electron chi connectivity index (χ2n) is 6.32. The van der Waals surface area contributed by atoms with Crippen molar-refractivity contribution in [3.05, 3.63) is 58.3 Å². The summed E-state index contributed by atoms with van der Waals surface area (Å²) in [6, 6.07) is 11.5. The molecule has 0 atom stereocenters. The molecule has 0 saturated heterocycles. The van der Waals surface area contributed by atoms with E-state index in [1.54, 1.807) is 6.07 Å². The van der Waals surface area contributed by atoms with Crippen LogP contribution in [0.25, 0.3) is 0 Å². The summed E-state index contributed by atoms with van der Waals surface area (Å²) in [7, 11) is 4.07. The Bertz CT molecular complexity index is 777. The monoisotopic (exact) mass is 561 g/mol. The summed E-state index contributed by atoms with van der Waals surface area (Å²) in [6.07, 6.45) is 2.83. The number of carbonyl (C=O) groups is 1. The van der Waals surface area contributed by atoms with Crippen molar-refractivity contribution in [2.45, 2.75) is 19.9 Å². The summed E-state index contributed by atoms with van der Waals surface area (Å²) in [5.41, 5.74) is 1.88. The fraction of sp³-hybridized carbons (Fsp3) is 0.400. The van der Waals surface area contributed by atoms with E-state index in [1.807, 2.05) is 44.6 Å². The van der Waals surface area contributed by atoms with Crippen LogP contribution in [0.1, 0.15) is 29.4 Å². The molecule has 0 aliphatic carbocycles. The van der Waals surface area contributed by atoms with E-state index >= 15 is 0 Å². The number of rotatable bonds is 8. The third kappa shape index (κ3) is 7.83. The topological polar surface area (TPSA) is 61.7 Å². The van der Waals surface area contributed by atoms with Gasteiger partial charge in [-0.1, -0.05) is 22.0 Å². The second kappa shape index (κ2) is 12.8. The summed E-state index contributed by atoms with van der Waals surface area (Å²) >= 11 is 3.38. The zero-order chi connectivity index (χ0) is 19.6. The van der Waals surface area contributed by atoms with E-state index in [1.165, 1.54) is 5.69 Å². The lowest BCUT2D eigenvalue weighted by molar-refractivity contribution is 0.0953. The van der Waals surface area contributed by atoms with Crippen molar-refractivity contribution in [1.82, 2.24) is 20.1 Å². The van der Waals surface area contributed by atoms with Crippen LogP contribution in [0.15, 0.2) is 52.1 Å². The number of nitrogens with one attached hydrogen (secondary N) is 2. The van der Waals surface area contributed by atoms with Gasteiger partial charge in [-0.05, 0) is 43.7 Å². The molecule has 154 valence electrons. The van der Waals surface area contributed by atoms with E-state index < -0.39 is 0 Å². The van der Waals surface area contributed by atoms with Crippen LogP contribution in [0.2, 0.25) is 0 Å². The van der Waals surface area contributed by atoms with Crippen LogP contribution in [-0.2, 0) is 13.6 Å². The Hall–Kier alpha value is -1.55. The normalized spacial score (nSPS) is 10.9. The maximum atomic E-state index is 12.1. The molecule has 0 aliphatic rings. The minimum atomic E-state index is -0.0620. The molecular formula is C20H29BrIN5O. The van der Waals surface area contributed by atoms with Crippen molar-refractivity contribution in [2.24, 2.45) is 12.0 Å². The predicted octanol–water partition coefficient (Wildman–Crippen LogP) is 3.62. The highest BCUT2D eigenvalue weighted by Gasteiger charge is 2.08. The zero-order valence-electron chi connectivity index (χ0n) is 16.6. The van der Waals surface area contributed by atoms with Gasteiger partial charge in [0.2, 0.25) is 0 Å². The molecule has 2 aromatic rings. The van der Waals surface area contributed by atoms with Crippen LogP contribution in [0.4, 0.5) is 0 Å². The Kier molecular flexibility index (Phi) is 11.2. The summed E-state index contributed by atoms with van der Waals surface area (Å²) in [5.74, 6) is 0.810. The van der Waals surface area contributed by atoms with Gasteiger partial charge in [0.1, 0.15) is 0 Å². The van der Waals surface area contributed by atoms with E-state index in [2.05, 4.69) is 54.0 Å². The third-order valence-electron chi connectivity index (χ3n) is 4.12. The summed E-state index contributed by atoms with van der Waals surface area (Å²) in [5, 5.41) is 6.26. The molecule has 28 heavy (non-hydrogen) atoms. The number of hydrogen-bond acceptors (Lipinski definition) is 2. The van der Waals surface area contributed by atoms with E-state index in [-0.39, 0.29) is 29.9 Å². The number of benzene rings is 1. The molecule has 0 saturated carbocycles. The zero-order valence-corrected chi connectivity index (χ0v) is 20.5. The first-order chi connectivity index (χ1) is 13.0. The Labute approximate surface area is 192 Å². The molecule has 6 nitrogen and oxygen atoms in total. The minimum absolute atomic E-state index is 0. The first-order valence-electron chi connectivity index (χ1n) is 9.14. The SMILES string of the molecule is CCNC(=NCCCNC(=O)c1cccc(Br)c1)N(C)Cc1cccn1C.I. The largest absolute Gasteiger partial charge is 0.357 e. The van der Waals surface area contributed by atoms with Gasteiger partial charge < -0.3 is 20.1 Å². The van der Waals surface area contributed by atoms with Crippen molar-refractivity contribution in [1.29, 1.82) is 0 Å². The lowest BCUT2D eigenvalue weighted by atomic mass is 10.2. The molecule has 1 aromatic carbocycles. The van der Waals surface area contributed by atoms with Crippen LogP contribution in [-0.4, -0.2) is 48.0 Å². The molecule has 0 unspecified atom stereocenters. The van der Waals surface area contributed by atoms with E-state index in [9.17, 15) is 4.79 Å². The number of halogens is 2. The van der Waals surface area contributed by atoms with Crippen LogP contribution in [0, 0.1) is 0 Å². The quantitative estimate of drug-likeness (QED) is 0.224. The number of aliphatic imine (C=N–C) groups is 1. The highest BCUT2D eigenvalue weighted by molar-refractivity contribution is 14.0. The molecule has 1 amide bonds. The minimum Gasteiger partial charge on any atom is -0.357 e.